The Balaban J connectivity index is 1.65. The quantitative estimate of drug-likeness (QED) is 0.796. The molecule has 2 aromatic rings. The zero-order valence-electron chi connectivity index (χ0n) is 18.8. The van der Waals surface area contributed by atoms with Crippen LogP contribution in [-0.4, -0.2) is 31.5 Å². The van der Waals surface area contributed by atoms with Crippen molar-refractivity contribution in [1.82, 2.24) is 5.32 Å². The molecule has 5 rings (SSSR count). The molecule has 2 aliphatic carbocycles. The molecule has 0 bridgehead atoms. The molecule has 4 nitrogen and oxygen atoms in total. The molecule has 4 heteroatoms. The molecule has 31 heavy (non-hydrogen) atoms. The van der Waals surface area contributed by atoms with Crippen LogP contribution in [0.15, 0.2) is 35.9 Å². The van der Waals surface area contributed by atoms with E-state index in [0.717, 1.165) is 60.3 Å². The second kappa shape index (κ2) is 7.07. The van der Waals surface area contributed by atoms with Crippen LogP contribution < -0.4 is 10.2 Å². The first-order chi connectivity index (χ1) is 14.8. The summed E-state index contributed by atoms with van der Waals surface area (Å²) in [5.74, 6) is 0.141. The minimum Gasteiger partial charge on any atom is -0.368 e. The third-order valence-corrected chi connectivity index (χ3v) is 7.38. The third-order valence-electron chi connectivity index (χ3n) is 7.38. The van der Waals surface area contributed by atoms with Crippen molar-refractivity contribution in [1.29, 1.82) is 5.26 Å². The maximum atomic E-state index is 13.8. The number of carbonyl (C=O) groups is 1. The van der Waals surface area contributed by atoms with Gasteiger partial charge in [-0.15, -0.1) is 0 Å². The van der Waals surface area contributed by atoms with Crippen molar-refractivity contribution < 1.29 is 4.79 Å². The van der Waals surface area contributed by atoms with Crippen LogP contribution in [0, 0.1) is 11.3 Å². The van der Waals surface area contributed by atoms with Gasteiger partial charge >= 0.3 is 0 Å². The number of nitriles is 1. The summed E-state index contributed by atoms with van der Waals surface area (Å²) in [6.07, 6.45) is 1.65. The van der Waals surface area contributed by atoms with E-state index >= 15 is 0 Å². The molecule has 0 aromatic heterocycles. The van der Waals surface area contributed by atoms with Crippen molar-refractivity contribution in [3.05, 3.63) is 69.3 Å². The number of ketones is 1. The molecule has 0 unspecified atom stereocenters. The van der Waals surface area contributed by atoms with E-state index in [0.29, 0.717) is 11.6 Å². The molecule has 1 saturated heterocycles. The van der Waals surface area contributed by atoms with Gasteiger partial charge in [0.1, 0.15) is 0 Å². The van der Waals surface area contributed by atoms with E-state index in [1.165, 1.54) is 16.8 Å². The standard InChI is InChI=1S/C27H29N3O/c1-5-18-11-21-22(13-24(18)30-9-8-29-16(2)15-30)27(3,4)23-12-19-10-17(14-28)6-7-20(19)25(23)26(21)31/h6-7,10-11,13,16,29H,5,8-9,12,15H2,1-4H3/t16-/m0/s1. The minimum absolute atomic E-state index is 0.141. The average Bonchev–Trinajstić information content (AvgIpc) is 3.16. The number of anilines is 1. The van der Waals surface area contributed by atoms with Crippen LogP contribution in [0.5, 0.6) is 0 Å². The monoisotopic (exact) mass is 411 g/mol. The number of carbonyl (C=O) groups excluding carboxylic acids is 1. The summed E-state index contributed by atoms with van der Waals surface area (Å²) in [6, 6.07) is 12.9. The summed E-state index contributed by atoms with van der Waals surface area (Å²) in [5, 5.41) is 12.8. The van der Waals surface area contributed by atoms with Gasteiger partial charge in [0.25, 0.3) is 0 Å². The number of fused-ring (bicyclic) bond motifs is 3. The van der Waals surface area contributed by atoms with E-state index in [-0.39, 0.29) is 11.2 Å². The fraction of sp³-hybridized carbons (Fsp3) is 0.407. The second-order valence-corrected chi connectivity index (χ2v) is 9.65. The number of benzene rings is 2. The van der Waals surface area contributed by atoms with Gasteiger partial charge in [-0.05, 0) is 71.9 Å². The van der Waals surface area contributed by atoms with Gasteiger partial charge in [0.15, 0.2) is 5.78 Å². The van der Waals surface area contributed by atoms with Crippen molar-refractivity contribution >= 4 is 17.0 Å². The van der Waals surface area contributed by atoms with Gasteiger partial charge in [0.05, 0.1) is 11.6 Å². The first-order valence-corrected chi connectivity index (χ1v) is 11.3. The molecular weight excluding hydrogens is 382 g/mol. The number of nitrogens with one attached hydrogen (secondary N) is 1. The van der Waals surface area contributed by atoms with Crippen LogP contribution in [0.4, 0.5) is 5.69 Å². The summed E-state index contributed by atoms with van der Waals surface area (Å²) in [5.41, 5.74) is 9.12. The first-order valence-electron chi connectivity index (χ1n) is 11.3. The summed E-state index contributed by atoms with van der Waals surface area (Å²) in [7, 11) is 0. The maximum Gasteiger partial charge on any atom is 0.193 e. The van der Waals surface area contributed by atoms with E-state index < -0.39 is 0 Å². The lowest BCUT2D eigenvalue weighted by atomic mass is 9.68. The van der Waals surface area contributed by atoms with E-state index in [1.54, 1.807) is 0 Å². The highest BCUT2D eigenvalue weighted by Gasteiger charge is 2.43. The van der Waals surface area contributed by atoms with Gasteiger partial charge < -0.3 is 10.2 Å². The fourth-order valence-electron chi connectivity index (χ4n) is 5.65. The van der Waals surface area contributed by atoms with E-state index in [1.807, 2.05) is 18.2 Å². The number of Topliss-reactive ketones (excluding diaryl/α,β-unsaturated/α-hetero) is 1. The largest absolute Gasteiger partial charge is 0.368 e. The van der Waals surface area contributed by atoms with Crippen molar-refractivity contribution in [2.75, 3.05) is 24.5 Å². The number of allylic oxidation sites excluding steroid dienone is 2. The van der Waals surface area contributed by atoms with E-state index in [4.69, 9.17) is 0 Å². The Kier molecular flexibility index (Phi) is 4.57. The zero-order valence-corrected chi connectivity index (χ0v) is 18.8. The number of nitrogens with zero attached hydrogens (tertiary/aromatic N) is 2. The van der Waals surface area contributed by atoms with Crippen molar-refractivity contribution in [3.8, 4) is 6.07 Å². The lowest BCUT2D eigenvalue weighted by molar-refractivity contribution is 0.105. The number of rotatable bonds is 2. The normalized spacial score (nSPS) is 21.5. The van der Waals surface area contributed by atoms with Crippen LogP contribution in [0.25, 0.3) is 5.57 Å². The highest BCUT2D eigenvalue weighted by molar-refractivity contribution is 6.33. The third kappa shape index (κ3) is 2.95. The molecule has 158 valence electrons. The van der Waals surface area contributed by atoms with Gasteiger partial charge in [0, 0.05) is 47.9 Å². The number of piperazine rings is 1. The Hall–Kier alpha value is -2.90. The van der Waals surface area contributed by atoms with Crippen LogP contribution in [-0.2, 0) is 18.3 Å². The van der Waals surface area contributed by atoms with Crippen LogP contribution >= 0.6 is 0 Å². The Morgan fingerprint density at radius 1 is 1.23 bits per heavy atom. The van der Waals surface area contributed by atoms with E-state index in [2.05, 4.69) is 56.1 Å². The number of aryl methyl sites for hydroxylation is 1. The lowest BCUT2D eigenvalue weighted by Gasteiger charge is -2.39. The van der Waals surface area contributed by atoms with Crippen LogP contribution in [0.3, 0.4) is 0 Å². The molecule has 1 fully saturated rings. The molecular formula is C27H29N3O. The second-order valence-electron chi connectivity index (χ2n) is 9.65. The number of hydrogen-bond acceptors (Lipinski definition) is 4. The molecule has 0 saturated carbocycles. The first kappa shape index (κ1) is 20.0. The van der Waals surface area contributed by atoms with Crippen molar-refractivity contribution in [2.45, 2.75) is 52.0 Å². The molecule has 3 aliphatic rings. The smallest absolute Gasteiger partial charge is 0.193 e. The maximum absolute atomic E-state index is 13.8. The minimum atomic E-state index is -0.231. The Morgan fingerprint density at radius 3 is 2.74 bits per heavy atom. The molecule has 0 radical (unpaired) electrons. The van der Waals surface area contributed by atoms with Gasteiger partial charge in [-0.25, -0.2) is 0 Å². The predicted molar refractivity (Wildman–Crippen MR) is 125 cm³/mol. The average molecular weight is 412 g/mol. The summed E-state index contributed by atoms with van der Waals surface area (Å²) in [4.78, 5) is 16.2. The molecule has 0 amide bonds. The van der Waals surface area contributed by atoms with E-state index in [9.17, 15) is 10.1 Å². The Bertz CT molecular complexity index is 1180. The van der Waals surface area contributed by atoms with Gasteiger partial charge in [-0.1, -0.05) is 26.8 Å². The summed E-state index contributed by atoms with van der Waals surface area (Å²) < 4.78 is 0. The fourth-order valence-corrected chi connectivity index (χ4v) is 5.65. The predicted octanol–water partition coefficient (Wildman–Crippen LogP) is 4.40. The molecule has 1 aliphatic heterocycles. The molecule has 2 aromatic carbocycles. The van der Waals surface area contributed by atoms with Crippen molar-refractivity contribution in [3.63, 3.8) is 0 Å². The van der Waals surface area contributed by atoms with Crippen LogP contribution in [0.1, 0.15) is 65.9 Å². The molecule has 0 spiro atoms. The Morgan fingerprint density at radius 2 is 2.03 bits per heavy atom. The summed E-state index contributed by atoms with van der Waals surface area (Å²) in [6.45, 7) is 11.9. The SMILES string of the molecule is CCc1cc2c(cc1N1CCN[C@@H](C)C1)C(C)(C)C1=C(C2=O)c2ccc(C#N)cc2C1. The highest BCUT2D eigenvalue weighted by Crippen LogP contribution is 2.51. The van der Waals surface area contributed by atoms with Gasteiger partial charge in [-0.3, -0.25) is 4.79 Å². The van der Waals surface area contributed by atoms with Gasteiger partial charge in [0.2, 0.25) is 0 Å². The Labute approximate surface area is 184 Å². The molecule has 1 atom stereocenters. The molecule has 1 heterocycles. The van der Waals surface area contributed by atoms with Gasteiger partial charge in [-0.2, -0.15) is 5.26 Å². The lowest BCUT2D eigenvalue weighted by Crippen LogP contribution is -2.49. The van der Waals surface area contributed by atoms with Crippen molar-refractivity contribution in [2.24, 2.45) is 0 Å². The summed E-state index contributed by atoms with van der Waals surface area (Å²) >= 11 is 0. The zero-order chi connectivity index (χ0) is 21.9. The molecule has 1 N–H and O–H groups in total. The number of hydrogen-bond donors (Lipinski definition) is 1. The van der Waals surface area contributed by atoms with Crippen LogP contribution in [0.2, 0.25) is 0 Å². The highest BCUT2D eigenvalue weighted by atomic mass is 16.1. The topological polar surface area (TPSA) is 56.1 Å².